The van der Waals surface area contributed by atoms with Crippen molar-refractivity contribution in [1.29, 1.82) is 0 Å². The van der Waals surface area contributed by atoms with E-state index in [9.17, 15) is 4.21 Å². The number of imidazole rings is 1. The summed E-state index contributed by atoms with van der Waals surface area (Å²) in [7, 11) is -1.15. The van der Waals surface area contributed by atoms with Crippen molar-refractivity contribution in [2.24, 2.45) is 0 Å². The number of aromatic amines is 1. The van der Waals surface area contributed by atoms with Gasteiger partial charge in [-0.1, -0.05) is 12.1 Å². The first-order valence-corrected chi connectivity index (χ1v) is 7.49. The number of fused-ring (bicyclic) bond motifs is 1. The zero-order valence-corrected chi connectivity index (χ0v) is 11.4. The lowest BCUT2D eigenvalue weighted by atomic mass is 10.2. The monoisotopic (exact) mass is 287 g/mol. The number of H-pyrrole nitrogens is 1. The first kappa shape index (κ1) is 13.0. The summed E-state index contributed by atoms with van der Waals surface area (Å²) in [5, 5.41) is 8.80. The zero-order valence-electron chi connectivity index (χ0n) is 10.6. The van der Waals surface area contributed by atoms with Crippen LogP contribution < -0.4 is 0 Å². The Bertz CT molecular complexity index is 719. The zero-order chi connectivity index (χ0) is 13.9. The number of pyridine rings is 1. The molecule has 6 heteroatoms. The Balaban J connectivity index is 1.92. The maximum atomic E-state index is 11.8. The predicted octanol–water partition coefficient (Wildman–Crippen LogP) is 1.72. The SMILES string of the molecule is O=S(CCO)c1ccc(-c2nc3ccncc3[nH]2)cc1. The summed E-state index contributed by atoms with van der Waals surface area (Å²) in [4.78, 5) is 12.4. The Labute approximate surface area is 118 Å². The summed E-state index contributed by atoms with van der Waals surface area (Å²) < 4.78 is 11.8. The van der Waals surface area contributed by atoms with Crippen molar-refractivity contribution in [1.82, 2.24) is 15.0 Å². The Kier molecular flexibility index (Phi) is 3.58. The Hall–Kier alpha value is -2.05. The van der Waals surface area contributed by atoms with E-state index in [-0.39, 0.29) is 12.4 Å². The molecule has 1 aromatic carbocycles. The van der Waals surface area contributed by atoms with Gasteiger partial charge in [-0.15, -0.1) is 0 Å². The second-order valence-corrected chi connectivity index (χ2v) is 5.85. The number of aliphatic hydroxyl groups excluding tert-OH is 1. The molecule has 0 aliphatic rings. The van der Waals surface area contributed by atoms with Gasteiger partial charge in [-0.2, -0.15) is 0 Å². The molecule has 0 amide bonds. The smallest absolute Gasteiger partial charge is 0.138 e. The van der Waals surface area contributed by atoms with Crippen LogP contribution in [0.1, 0.15) is 0 Å². The van der Waals surface area contributed by atoms with E-state index in [1.165, 1.54) is 0 Å². The number of aliphatic hydroxyl groups is 1. The summed E-state index contributed by atoms with van der Waals surface area (Å²) in [6.07, 6.45) is 3.44. The van der Waals surface area contributed by atoms with E-state index in [0.717, 1.165) is 22.4 Å². The molecular weight excluding hydrogens is 274 g/mol. The second kappa shape index (κ2) is 5.52. The topological polar surface area (TPSA) is 78.9 Å². The number of nitrogens with one attached hydrogen (secondary N) is 1. The van der Waals surface area contributed by atoms with Gasteiger partial charge < -0.3 is 10.1 Å². The minimum absolute atomic E-state index is 0.0784. The lowest BCUT2D eigenvalue weighted by Crippen LogP contribution is -2.01. The normalized spacial score (nSPS) is 12.7. The van der Waals surface area contributed by atoms with Crippen LogP contribution in [0.3, 0.4) is 0 Å². The van der Waals surface area contributed by atoms with Crippen LogP contribution in [0.15, 0.2) is 47.6 Å². The van der Waals surface area contributed by atoms with Gasteiger partial charge in [0.2, 0.25) is 0 Å². The minimum Gasteiger partial charge on any atom is -0.395 e. The number of rotatable bonds is 4. The van der Waals surface area contributed by atoms with E-state index in [2.05, 4.69) is 15.0 Å². The van der Waals surface area contributed by atoms with Gasteiger partial charge in [0.05, 0.1) is 40.4 Å². The first-order chi connectivity index (χ1) is 9.78. The number of aromatic nitrogens is 3. The molecule has 102 valence electrons. The summed E-state index contributed by atoms with van der Waals surface area (Å²) in [5.74, 6) is 1.02. The molecule has 1 atom stereocenters. The van der Waals surface area contributed by atoms with Gasteiger partial charge in [0.1, 0.15) is 5.82 Å². The Morgan fingerprint density at radius 1 is 1.20 bits per heavy atom. The molecule has 0 fully saturated rings. The van der Waals surface area contributed by atoms with Crippen molar-refractivity contribution in [3.8, 4) is 11.4 Å². The number of hydrogen-bond donors (Lipinski definition) is 2. The van der Waals surface area contributed by atoms with Gasteiger partial charge in [-0.25, -0.2) is 4.98 Å². The van der Waals surface area contributed by atoms with E-state index in [0.29, 0.717) is 4.90 Å². The van der Waals surface area contributed by atoms with Gasteiger partial charge in [-0.05, 0) is 18.2 Å². The third-order valence-electron chi connectivity index (χ3n) is 2.95. The van der Waals surface area contributed by atoms with Crippen LogP contribution in [-0.4, -0.2) is 36.6 Å². The second-order valence-electron chi connectivity index (χ2n) is 4.28. The molecule has 2 N–H and O–H groups in total. The molecule has 0 radical (unpaired) electrons. The predicted molar refractivity (Wildman–Crippen MR) is 77.7 cm³/mol. The molecule has 0 saturated heterocycles. The van der Waals surface area contributed by atoms with Crippen LogP contribution in [-0.2, 0) is 10.8 Å². The summed E-state index contributed by atoms with van der Waals surface area (Å²) >= 11 is 0. The Morgan fingerprint density at radius 2 is 2.00 bits per heavy atom. The molecule has 0 aliphatic heterocycles. The average Bonchev–Trinajstić information content (AvgIpc) is 2.91. The fourth-order valence-corrected chi connectivity index (χ4v) is 2.80. The van der Waals surface area contributed by atoms with Crippen LogP contribution in [0, 0.1) is 0 Å². The van der Waals surface area contributed by atoms with Crippen molar-refractivity contribution < 1.29 is 9.32 Å². The fraction of sp³-hybridized carbons (Fsp3) is 0.143. The summed E-state index contributed by atoms with van der Waals surface area (Å²) in [6, 6.07) is 9.19. The highest BCUT2D eigenvalue weighted by molar-refractivity contribution is 7.85. The fourth-order valence-electron chi connectivity index (χ4n) is 1.96. The highest BCUT2D eigenvalue weighted by Crippen LogP contribution is 2.21. The van der Waals surface area contributed by atoms with Crippen molar-refractivity contribution in [2.45, 2.75) is 4.90 Å². The van der Waals surface area contributed by atoms with Crippen LogP contribution in [0.5, 0.6) is 0 Å². The quantitative estimate of drug-likeness (QED) is 0.766. The molecule has 0 saturated carbocycles. The largest absolute Gasteiger partial charge is 0.395 e. The molecule has 0 spiro atoms. The molecule has 2 aromatic heterocycles. The van der Waals surface area contributed by atoms with Gasteiger partial charge in [0.15, 0.2) is 0 Å². The van der Waals surface area contributed by atoms with Crippen LogP contribution in [0.2, 0.25) is 0 Å². The molecule has 3 rings (SSSR count). The van der Waals surface area contributed by atoms with Crippen molar-refractivity contribution in [2.75, 3.05) is 12.4 Å². The van der Waals surface area contributed by atoms with E-state index < -0.39 is 10.8 Å². The minimum atomic E-state index is -1.15. The molecule has 1 unspecified atom stereocenters. The number of benzene rings is 1. The molecule has 5 nitrogen and oxygen atoms in total. The standard InChI is InChI=1S/C14H13N3O2S/c18-7-8-20(19)11-3-1-10(2-4-11)14-16-12-5-6-15-9-13(12)17-14/h1-6,9,18H,7-8H2,(H,16,17). The van der Waals surface area contributed by atoms with Crippen molar-refractivity contribution >= 4 is 21.8 Å². The lowest BCUT2D eigenvalue weighted by molar-refractivity contribution is 0.321. The third-order valence-corrected chi connectivity index (χ3v) is 4.30. The summed E-state index contributed by atoms with van der Waals surface area (Å²) in [6.45, 7) is -0.0784. The van der Waals surface area contributed by atoms with Crippen molar-refractivity contribution in [3.05, 3.63) is 42.7 Å². The molecule has 0 bridgehead atoms. The molecule has 3 aromatic rings. The van der Waals surface area contributed by atoms with E-state index in [1.54, 1.807) is 24.5 Å². The van der Waals surface area contributed by atoms with Crippen LogP contribution in [0.4, 0.5) is 0 Å². The van der Waals surface area contributed by atoms with Gasteiger partial charge in [-0.3, -0.25) is 9.19 Å². The maximum Gasteiger partial charge on any atom is 0.138 e. The van der Waals surface area contributed by atoms with Crippen LogP contribution >= 0.6 is 0 Å². The molecule has 0 aliphatic carbocycles. The van der Waals surface area contributed by atoms with Gasteiger partial charge in [0, 0.05) is 16.7 Å². The summed E-state index contributed by atoms with van der Waals surface area (Å²) in [5.41, 5.74) is 2.67. The van der Waals surface area contributed by atoms with Crippen LogP contribution in [0.25, 0.3) is 22.4 Å². The molecule has 2 heterocycles. The number of nitrogens with zero attached hydrogens (tertiary/aromatic N) is 2. The molecular formula is C14H13N3O2S. The van der Waals surface area contributed by atoms with E-state index in [4.69, 9.17) is 5.11 Å². The third kappa shape index (κ3) is 2.48. The lowest BCUT2D eigenvalue weighted by Gasteiger charge is -2.01. The highest BCUT2D eigenvalue weighted by Gasteiger charge is 2.07. The maximum absolute atomic E-state index is 11.8. The highest BCUT2D eigenvalue weighted by atomic mass is 32.2. The Morgan fingerprint density at radius 3 is 2.70 bits per heavy atom. The van der Waals surface area contributed by atoms with Gasteiger partial charge in [0.25, 0.3) is 0 Å². The van der Waals surface area contributed by atoms with Gasteiger partial charge >= 0.3 is 0 Å². The van der Waals surface area contributed by atoms with E-state index in [1.807, 2.05) is 18.2 Å². The average molecular weight is 287 g/mol. The molecule has 20 heavy (non-hydrogen) atoms. The van der Waals surface area contributed by atoms with E-state index >= 15 is 0 Å². The number of hydrogen-bond acceptors (Lipinski definition) is 4. The first-order valence-electron chi connectivity index (χ1n) is 6.17. The van der Waals surface area contributed by atoms with Crippen molar-refractivity contribution in [3.63, 3.8) is 0 Å².